The van der Waals surface area contributed by atoms with Crippen molar-refractivity contribution in [2.45, 2.75) is 17.9 Å². The second-order valence-electron chi connectivity index (χ2n) is 5.71. The van der Waals surface area contributed by atoms with Crippen molar-refractivity contribution in [3.8, 4) is 0 Å². The molecule has 2 amide bonds. The molecule has 0 spiro atoms. The van der Waals surface area contributed by atoms with E-state index in [1.54, 1.807) is 17.5 Å². The normalized spacial score (nSPS) is 26.1. The number of thiophene rings is 1. The molecular weight excluding hydrogens is 437 g/mol. The fourth-order valence-electron chi connectivity index (χ4n) is 2.89. The second kappa shape index (κ2) is 6.67. The van der Waals surface area contributed by atoms with Crippen molar-refractivity contribution in [3.05, 3.63) is 56.7 Å². The van der Waals surface area contributed by atoms with Crippen LogP contribution < -0.4 is 10.6 Å². The third-order valence-corrected chi connectivity index (χ3v) is 5.44. The molecule has 1 saturated heterocycles. The maximum Gasteiger partial charge on any atom is 0.437 e. The molecule has 1 aromatic carbocycles. The van der Waals surface area contributed by atoms with Gasteiger partial charge in [-0.2, -0.15) is 13.2 Å². The van der Waals surface area contributed by atoms with E-state index in [-0.39, 0.29) is 10.4 Å². The molecule has 1 fully saturated rings. The van der Waals surface area contributed by atoms with Gasteiger partial charge in [0.25, 0.3) is 0 Å². The highest BCUT2D eigenvalue weighted by Crippen LogP contribution is 2.44. The number of halogens is 4. The molecule has 0 unspecified atom stereocenters. The van der Waals surface area contributed by atoms with Crippen molar-refractivity contribution in [2.75, 3.05) is 0 Å². The van der Waals surface area contributed by atoms with Crippen molar-refractivity contribution in [1.29, 1.82) is 0 Å². The maximum atomic E-state index is 13.7. The number of ketones is 1. The van der Waals surface area contributed by atoms with Gasteiger partial charge in [-0.15, -0.1) is 11.3 Å². The van der Waals surface area contributed by atoms with E-state index < -0.39 is 35.7 Å². The van der Waals surface area contributed by atoms with Crippen LogP contribution in [0.15, 0.2) is 46.3 Å². The summed E-state index contributed by atoms with van der Waals surface area (Å²) >= 11 is 4.17. The maximum absolute atomic E-state index is 13.7. The largest absolute Gasteiger partial charge is 0.437 e. The lowest BCUT2D eigenvalue weighted by molar-refractivity contribution is -0.287. The van der Waals surface area contributed by atoms with Crippen LogP contribution >= 0.6 is 27.3 Å². The van der Waals surface area contributed by atoms with Crippen molar-refractivity contribution in [2.24, 2.45) is 5.92 Å². The Morgan fingerprint density at radius 2 is 2.00 bits per heavy atom. The minimum Gasteiger partial charge on any atom is -0.363 e. The molecule has 3 rings (SSSR count). The van der Waals surface area contributed by atoms with Gasteiger partial charge in [0.1, 0.15) is 5.92 Å². The van der Waals surface area contributed by atoms with Crippen molar-refractivity contribution < 1.29 is 27.9 Å². The smallest absolute Gasteiger partial charge is 0.363 e. The van der Waals surface area contributed by atoms with E-state index in [1.807, 2.05) is 0 Å². The van der Waals surface area contributed by atoms with E-state index in [4.69, 9.17) is 0 Å². The van der Waals surface area contributed by atoms with Crippen LogP contribution in [0.3, 0.4) is 0 Å². The molecule has 1 aliphatic rings. The number of amides is 2. The van der Waals surface area contributed by atoms with E-state index in [0.717, 1.165) is 11.3 Å². The summed E-state index contributed by atoms with van der Waals surface area (Å²) in [5.74, 6) is -2.93. The lowest BCUT2D eigenvalue weighted by Crippen LogP contribution is -2.72. The number of hydrogen-bond acceptors (Lipinski definition) is 4. The standard InChI is InChI=1S/C16H12BrF3N2O3S/c17-9-4-1-3-8(7-9)12-11(13(23)10-5-2-6-26-10)15(25,16(18,19)20)22-14(24)21-12/h1-7,11-12,25H,(H2,21,22,24)/t11-,12-,15-/m1/s1. The van der Waals surface area contributed by atoms with Crippen LogP contribution in [0.4, 0.5) is 18.0 Å². The number of aliphatic hydroxyl groups is 1. The van der Waals surface area contributed by atoms with Gasteiger partial charge in [-0.25, -0.2) is 4.79 Å². The van der Waals surface area contributed by atoms with Gasteiger partial charge in [-0.05, 0) is 29.1 Å². The number of urea groups is 1. The first kappa shape index (κ1) is 18.9. The van der Waals surface area contributed by atoms with E-state index in [2.05, 4.69) is 21.2 Å². The molecule has 2 heterocycles. The first-order valence-electron chi connectivity index (χ1n) is 7.34. The SMILES string of the molecule is O=C1N[C@H](c2cccc(Br)c2)[C@H](C(=O)c2cccs2)[C@@](O)(C(F)(F)F)N1. The molecule has 0 saturated carbocycles. The molecule has 10 heteroatoms. The lowest BCUT2D eigenvalue weighted by atomic mass is 9.78. The van der Waals surface area contributed by atoms with E-state index >= 15 is 0 Å². The number of rotatable bonds is 3. The van der Waals surface area contributed by atoms with Crippen LogP contribution in [0.2, 0.25) is 0 Å². The first-order chi connectivity index (χ1) is 12.1. The minimum absolute atomic E-state index is 0.0515. The molecule has 2 aromatic rings. The van der Waals surface area contributed by atoms with Gasteiger partial charge in [-0.1, -0.05) is 34.1 Å². The number of hydrogen-bond donors (Lipinski definition) is 3. The summed E-state index contributed by atoms with van der Waals surface area (Å²) in [6, 6.07) is 6.48. The van der Waals surface area contributed by atoms with E-state index in [1.165, 1.54) is 29.6 Å². The molecule has 1 aliphatic heterocycles. The highest BCUT2D eigenvalue weighted by molar-refractivity contribution is 9.10. The van der Waals surface area contributed by atoms with Crippen molar-refractivity contribution >= 4 is 39.1 Å². The van der Waals surface area contributed by atoms with Crippen molar-refractivity contribution in [3.63, 3.8) is 0 Å². The van der Waals surface area contributed by atoms with Gasteiger partial charge in [0.05, 0.1) is 10.9 Å². The van der Waals surface area contributed by atoms with Crippen LogP contribution in [0.1, 0.15) is 21.3 Å². The Bertz CT molecular complexity index is 844. The summed E-state index contributed by atoms with van der Waals surface area (Å²) in [5.41, 5.74) is -3.45. The van der Waals surface area contributed by atoms with Crippen LogP contribution in [-0.4, -0.2) is 28.8 Å². The number of nitrogens with one attached hydrogen (secondary N) is 2. The van der Waals surface area contributed by atoms with Crippen LogP contribution in [0, 0.1) is 5.92 Å². The van der Waals surface area contributed by atoms with Gasteiger partial charge in [-0.3, -0.25) is 4.79 Å². The zero-order chi connectivity index (χ0) is 19.1. The Hall–Kier alpha value is -1.91. The molecule has 5 nitrogen and oxygen atoms in total. The predicted molar refractivity (Wildman–Crippen MR) is 91.7 cm³/mol. The van der Waals surface area contributed by atoms with Gasteiger partial charge >= 0.3 is 12.2 Å². The third kappa shape index (κ3) is 3.24. The topological polar surface area (TPSA) is 78.4 Å². The lowest BCUT2D eigenvalue weighted by Gasteiger charge is -2.44. The highest BCUT2D eigenvalue weighted by Gasteiger charge is 2.66. The Labute approximate surface area is 158 Å². The fourth-order valence-corrected chi connectivity index (χ4v) is 4.01. The Morgan fingerprint density at radius 1 is 1.27 bits per heavy atom. The molecule has 3 N–H and O–H groups in total. The summed E-state index contributed by atoms with van der Waals surface area (Å²) in [4.78, 5) is 24.7. The average Bonchev–Trinajstić information content (AvgIpc) is 3.07. The summed E-state index contributed by atoms with van der Waals surface area (Å²) < 4.78 is 41.6. The molecule has 0 radical (unpaired) electrons. The molecule has 0 aliphatic carbocycles. The summed E-state index contributed by atoms with van der Waals surface area (Å²) in [5, 5.41) is 15.8. The highest BCUT2D eigenvalue weighted by atomic mass is 79.9. The van der Waals surface area contributed by atoms with Crippen LogP contribution in [0.5, 0.6) is 0 Å². The zero-order valence-electron chi connectivity index (χ0n) is 12.9. The van der Waals surface area contributed by atoms with Crippen LogP contribution in [-0.2, 0) is 0 Å². The summed E-state index contributed by atoms with van der Waals surface area (Å²) in [7, 11) is 0. The molecule has 3 atom stereocenters. The van der Waals surface area contributed by atoms with Gasteiger partial charge in [0, 0.05) is 4.47 Å². The molecule has 26 heavy (non-hydrogen) atoms. The van der Waals surface area contributed by atoms with Crippen LogP contribution in [0.25, 0.3) is 0 Å². The Balaban J connectivity index is 2.16. The average molecular weight is 449 g/mol. The van der Waals surface area contributed by atoms with Crippen molar-refractivity contribution in [1.82, 2.24) is 10.6 Å². The first-order valence-corrected chi connectivity index (χ1v) is 9.02. The van der Waals surface area contributed by atoms with Gasteiger partial charge in [0.2, 0.25) is 5.72 Å². The van der Waals surface area contributed by atoms with Gasteiger partial charge in [0.15, 0.2) is 5.78 Å². The minimum atomic E-state index is -5.26. The molecule has 138 valence electrons. The monoisotopic (exact) mass is 448 g/mol. The summed E-state index contributed by atoms with van der Waals surface area (Å²) in [6.07, 6.45) is -5.26. The van der Waals surface area contributed by atoms with Gasteiger partial charge < -0.3 is 15.7 Å². The number of benzene rings is 1. The number of carbonyl (C=O) groups excluding carboxylic acids is 2. The fraction of sp³-hybridized carbons (Fsp3) is 0.250. The summed E-state index contributed by atoms with van der Waals surface area (Å²) in [6.45, 7) is 0. The quantitative estimate of drug-likeness (QED) is 0.627. The molecule has 1 aromatic heterocycles. The number of alkyl halides is 3. The number of carbonyl (C=O) groups is 2. The molecular formula is C16H12BrF3N2O3S. The second-order valence-corrected chi connectivity index (χ2v) is 7.58. The molecule has 0 bridgehead atoms. The third-order valence-electron chi connectivity index (χ3n) is 4.06. The Kier molecular flexibility index (Phi) is 4.84. The van der Waals surface area contributed by atoms with E-state index in [0.29, 0.717) is 4.47 Å². The zero-order valence-corrected chi connectivity index (χ0v) is 15.3. The Morgan fingerprint density at radius 3 is 2.58 bits per heavy atom. The number of Topliss-reactive ketones (excluding diaryl/α,β-unsaturated/α-hetero) is 1. The van der Waals surface area contributed by atoms with E-state index in [9.17, 15) is 27.9 Å². The predicted octanol–water partition coefficient (Wildman–Crippen LogP) is 3.61.